The van der Waals surface area contributed by atoms with E-state index in [4.69, 9.17) is 0 Å². The number of fused-ring (bicyclic) bond motifs is 1. The van der Waals surface area contributed by atoms with Crippen molar-refractivity contribution in [2.24, 2.45) is 11.8 Å². The average molecular weight is 281 g/mol. The summed E-state index contributed by atoms with van der Waals surface area (Å²) in [6.45, 7) is 5.50. The molecule has 3 heteroatoms. The third kappa shape index (κ3) is 3.55. The zero-order chi connectivity index (χ0) is 14.5. The van der Waals surface area contributed by atoms with Crippen LogP contribution in [0.1, 0.15) is 71.6 Å². The highest BCUT2D eigenvalue weighted by Gasteiger charge is 2.48. The molecule has 1 heterocycles. The lowest BCUT2D eigenvalue weighted by Crippen LogP contribution is -2.44. The number of nitrogens with zero attached hydrogens (tertiary/aromatic N) is 1. The molecule has 0 radical (unpaired) electrons. The Hall–Kier alpha value is -0.570. The zero-order valence-electron chi connectivity index (χ0n) is 13.2. The van der Waals surface area contributed by atoms with E-state index in [2.05, 4.69) is 18.7 Å². The molecule has 20 heavy (non-hydrogen) atoms. The lowest BCUT2D eigenvalue weighted by atomic mass is 9.94. The first kappa shape index (κ1) is 15.8. The Kier molecular flexibility index (Phi) is 5.88. The predicted molar refractivity (Wildman–Crippen MR) is 81.8 cm³/mol. The number of rotatable bonds is 8. The number of hydrogen-bond acceptors (Lipinski definition) is 2. The van der Waals surface area contributed by atoms with Crippen molar-refractivity contribution in [3.63, 3.8) is 0 Å². The largest absolute Gasteiger partial charge is 0.480 e. The SMILES string of the molecule is CCCCCCCC(C)N1CC2CCCC2C1C(=O)O. The van der Waals surface area contributed by atoms with Gasteiger partial charge in [0.05, 0.1) is 0 Å². The van der Waals surface area contributed by atoms with Gasteiger partial charge in [-0.1, -0.05) is 45.4 Å². The minimum absolute atomic E-state index is 0.201. The maximum absolute atomic E-state index is 11.6. The monoisotopic (exact) mass is 281 g/mol. The predicted octanol–water partition coefficient (Wildman–Crippen LogP) is 3.92. The van der Waals surface area contributed by atoms with Gasteiger partial charge in [-0.05, 0) is 38.0 Å². The molecule has 1 N–H and O–H groups in total. The van der Waals surface area contributed by atoms with Crippen molar-refractivity contribution in [1.82, 2.24) is 4.90 Å². The van der Waals surface area contributed by atoms with Gasteiger partial charge in [-0.25, -0.2) is 0 Å². The number of carbonyl (C=O) groups is 1. The Morgan fingerprint density at radius 3 is 2.70 bits per heavy atom. The number of unbranched alkanes of at least 4 members (excludes halogenated alkanes) is 4. The molecule has 3 nitrogen and oxygen atoms in total. The molecule has 2 aliphatic rings. The lowest BCUT2D eigenvalue weighted by Gasteiger charge is -2.30. The summed E-state index contributed by atoms with van der Waals surface area (Å²) in [6, 6.07) is 0.233. The van der Waals surface area contributed by atoms with Crippen molar-refractivity contribution < 1.29 is 9.90 Å². The molecule has 0 spiro atoms. The van der Waals surface area contributed by atoms with Gasteiger partial charge in [0.2, 0.25) is 0 Å². The van der Waals surface area contributed by atoms with Crippen LogP contribution in [0.3, 0.4) is 0 Å². The fraction of sp³-hybridized carbons (Fsp3) is 0.941. The van der Waals surface area contributed by atoms with Crippen LogP contribution in [-0.2, 0) is 4.79 Å². The Morgan fingerprint density at radius 2 is 2.00 bits per heavy atom. The number of hydrogen-bond donors (Lipinski definition) is 1. The Bertz CT molecular complexity index is 318. The molecule has 2 fully saturated rings. The molecule has 4 atom stereocenters. The van der Waals surface area contributed by atoms with E-state index in [1.54, 1.807) is 0 Å². The van der Waals surface area contributed by atoms with Gasteiger partial charge in [-0.15, -0.1) is 0 Å². The van der Waals surface area contributed by atoms with Gasteiger partial charge in [0.15, 0.2) is 0 Å². The van der Waals surface area contributed by atoms with Gasteiger partial charge in [0.25, 0.3) is 0 Å². The third-order valence-corrected chi connectivity index (χ3v) is 5.47. The highest BCUT2D eigenvalue weighted by atomic mass is 16.4. The van der Waals surface area contributed by atoms with Gasteiger partial charge in [-0.2, -0.15) is 0 Å². The first-order chi connectivity index (χ1) is 9.65. The van der Waals surface area contributed by atoms with Gasteiger partial charge in [-0.3, -0.25) is 9.69 Å². The van der Waals surface area contributed by atoms with E-state index >= 15 is 0 Å². The van der Waals surface area contributed by atoms with Gasteiger partial charge in [0.1, 0.15) is 6.04 Å². The number of carboxylic acid groups (broad SMARTS) is 1. The number of aliphatic carboxylic acids is 1. The van der Waals surface area contributed by atoms with E-state index in [0.29, 0.717) is 17.9 Å². The topological polar surface area (TPSA) is 40.5 Å². The van der Waals surface area contributed by atoms with E-state index in [0.717, 1.165) is 19.4 Å². The van der Waals surface area contributed by atoms with E-state index in [-0.39, 0.29) is 6.04 Å². The highest BCUT2D eigenvalue weighted by molar-refractivity contribution is 5.74. The van der Waals surface area contributed by atoms with Crippen LogP contribution in [0.25, 0.3) is 0 Å². The maximum atomic E-state index is 11.6. The fourth-order valence-electron chi connectivity index (χ4n) is 4.33. The summed E-state index contributed by atoms with van der Waals surface area (Å²) in [6.07, 6.45) is 11.3. The van der Waals surface area contributed by atoms with E-state index in [1.165, 1.54) is 44.9 Å². The zero-order valence-corrected chi connectivity index (χ0v) is 13.2. The molecule has 1 saturated heterocycles. The molecule has 0 amide bonds. The van der Waals surface area contributed by atoms with E-state index in [9.17, 15) is 9.90 Å². The molecule has 1 aliphatic carbocycles. The molecule has 1 saturated carbocycles. The number of carboxylic acids is 1. The van der Waals surface area contributed by atoms with Crippen LogP contribution in [0.5, 0.6) is 0 Å². The van der Waals surface area contributed by atoms with Crippen LogP contribution in [0.2, 0.25) is 0 Å². The molecule has 0 aromatic heterocycles. The smallest absolute Gasteiger partial charge is 0.321 e. The second-order valence-electron chi connectivity index (χ2n) is 6.89. The van der Waals surface area contributed by atoms with Crippen molar-refractivity contribution in [3.8, 4) is 0 Å². The van der Waals surface area contributed by atoms with Crippen molar-refractivity contribution in [2.75, 3.05) is 6.54 Å². The normalized spacial score (nSPS) is 31.4. The third-order valence-electron chi connectivity index (χ3n) is 5.47. The molecule has 0 aromatic carbocycles. The van der Waals surface area contributed by atoms with Crippen LogP contribution >= 0.6 is 0 Å². The molecule has 1 aliphatic heterocycles. The van der Waals surface area contributed by atoms with Gasteiger partial charge < -0.3 is 5.11 Å². The minimum Gasteiger partial charge on any atom is -0.480 e. The standard InChI is InChI=1S/C17H31NO2/c1-3-4-5-6-7-9-13(2)18-12-14-10-8-11-15(14)16(18)17(19)20/h13-16H,3-12H2,1-2H3,(H,19,20). The first-order valence-electron chi connectivity index (χ1n) is 8.63. The number of likely N-dealkylation sites (tertiary alicyclic amines) is 1. The summed E-state index contributed by atoms with van der Waals surface area (Å²) < 4.78 is 0. The summed E-state index contributed by atoms with van der Waals surface area (Å²) in [5, 5.41) is 9.58. The quantitative estimate of drug-likeness (QED) is 0.686. The van der Waals surface area contributed by atoms with Gasteiger partial charge >= 0.3 is 5.97 Å². The molecule has 2 rings (SSSR count). The van der Waals surface area contributed by atoms with Gasteiger partial charge in [0, 0.05) is 12.6 Å². The highest BCUT2D eigenvalue weighted by Crippen LogP contribution is 2.43. The Labute approximate surface area is 123 Å². The molecule has 4 unspecified atom stereocenters. The van der Waals surface area contributed by atoms with Crippen LogP contribution in [-0.4, -0.2) is 34.6 Å². The van der Waals surface area contributed by atoms with Crippen LogP contribution in [0.15, 0.2) is 0 Å². The summed E-state index contributed by atoms with van der Waals surface area (Å²) >= 11 is 0. The molecule has 0 aromatic rings. The molecule has 116 valence electrons. The fourth-order valence-corrected chi connectivity index (χ4v) is 4.33. The van der Waals surface area contributed by atoms with Crippen molar-refractivity contribution in [2.45, 2.75) is 83.7 Å². The maximum Gasteiger partial charge on any atom is 0.321 e. The molecular formula is C17H31NO2. The van der Waals surface area contributed by atoms with E-state index in [1.807, 2.05) is 0 Å². The van der Waals surface area contributed by atoms with Crippen molar-refractivity contribution in [1.29, 1.82) is 0 Å². The van der Waals surface area contributed by atoms with Crippen molar-refractivity contribution in [3.05, 3.63) is 0 Å². The second-order valence-corrected chi connectivity index (χ2v) is 6.89. The van der Waals surface area contributed by atoms with Crippen LogP contribution < -0.4 is 0 Å². The van der Waals surface area contributed by atoms with Crippen molar-refractivity contribution >= 4 is 5.97 Å². The van der Waals surface area contributed by atoms with Crippen LogP contribution in [0, 0.1) is 11.8 Å². The minimum atomic E-state index is -0.586. The lowest BCUT2D eigenvalue weighted by molar-refractivity contribution is -0.144. The van der Waals surface area contributed by atoms with E-state index < -0.39 is 5.97 Å². The summed E-state index contributed by atoms with van der Waals surface area (Å²) in [5.74, 6) is 0.492. The molecule has 0 bridgehead atoms. The Balaban J connectivity index is 1.82. The first-order valence-corrected chi connectivity index (χ1v) is 8.63. The Morgan fingerprint density at radius 1 is 1.25 bits per heavy atom. The summed E-state index contributed by atoms with van der Waals surface area (Å²) in [7, 11) is 0. The van der Waals surface area contributed by atoms with Crippen LogP contribution in [0.4, 0.5) is 0 Å². The average Bonchev–Trinajstić information content (AvgIpc) is 2.97. The molecular weight excluding hydrogens is 250 g/mol. The second kappa shape index (κ2) is 7.44. The summed E-state index contributed by atoms with van der Waals surface area (Å²) in [5.41, 5.74) is 0. The summed E-state index contributed by atoms with van der Waals surface area (Å²) in [4.78, 5) is 13.9.